The van der Waals surface area contributed by atoms with Crippen LogP contribution in [0, 0.1) is 0 Å². The third-order valence-electron chi connectivity index (χ3n) is 3.05. The van der Waals surface area contributed by atoms with E-state index in [0.29, 0.717) is 13.2 Å². The number of hydrogen-bond acceptors (Lipinski definition) is 4. The van der Waals surface area contributed by atoms with Crippen LogP contribution in [0.15, 0.2) is 30.3 Å². The van der Waals surface area contributed by atoms with Crippen LogP contribution in [0.3, 0.4) is 0 Å². The average molecular weight is 279 g/mol. The summed E-state index contributed by atoms with van der Waals surface area (Å²) in [5, 5.41) is 8.90. The van der Waals surface area contributed by atoms with E-state index in [1.54, 1.807) is 0 Å². The van der Waals surface area contributed by atoms with Gasteiger partial charge < -0.3 is 19.5 Å². The van der Waals surface area contributed by atoms with Gasteiger partial charge in [0.2, 0.25) is 0 Å². The van der Waals surface area contributed by atoms with Gasteiger partial charge in [-0.3, -0.25) is 4.79 Å². The summed E-state index contributed by atoms with van der Waals surface area (Å²) in [6.07, 6.45) is -1.35. The molecule has 1 heterocycles. The Balaban J connectivity index is 1.75. The molecule has 1 N–H and O–H groups in total. The van der Waals surface area contributed by atoms with Crippen molar-refractivity contribution in [3.05, 3.63) is 35.9 Å². The van der Waals surface area contributed by atoms with Crippen LogP contribution in [0.1, 0.15) is 12.0 Å². The van der Waals surface area contributed by atoms with Gasteiger partial charge in [-0.05, 0) is 5.56 Å². The Kier molecular flexibility index (Phi) is 4.95. The van der Waals surface area contributed by atoms with E-state index in [2.05, 4.69) is 0 Å². The average Bonchev–Trinajstić information content (AvgIpc) is 2.46. The molecule has 108 valence electrons. The van der Waals surface area contributed by atoms with E-state index in [1.165, 1.54) is 4.90 Å². The van der Waals surface area contributed by atoms with E-state index in [9.17, 15) is 9.59 Å². The van der Waals surface area contributed by atoms with Gasteiger partial charge in [0.1, 0.15) is 6.61 Å². The molecule has 0 saturated carbocycles. The van der Waals surface area contributed by atoms with Gasteiger partial charge >= 0.3 is 12.1 Å². The molecule has 6 nitrogen and oxygen atoms in total. The lowest BCUT2D eigenvalue weighted by molar-refractivity contribution is -0.149. The van der Waals surface area contributed by atoms with E-state index in [-0.39, 0.29) is 25.5 Å². The molecule has 1 saturated heterocycles. The smallest absolute Gasteiger partial charge is 0.407 e. The summed E-state index contributed by atoms with van der Waals surface area (Å²) in [7, 11) is 0. The lowest BCUT2D eigenvalue weighted by Gasteiger charge is -2.30. The maximum Gasteiger partial charge on any atom is 0.407 e. The Morgan fingerprint density at radius 2 is 2.10 bits per heavy atom. The molecule has 6 heteroatoms. The lowest BCUT2D eigenvalue weighted by atomic mass is 10.2. The van der Waals surface area contributed by atoms with E-state index in [1.807, 2.05) is 30.3 Å². The number of carbonyl (C=O) groups is 2. The SMILES string of the molecule is O=C(C[C@@H]1CN(C(=O)O)CCO1)OCc1ccccc1. The molecule has 2 rings (SSSR count). The minimum absolute atomic E-state index is 0.0661. The van der Waals surface area contributed by atoms with E-state index < -0.39 is 12.2 Å². The summed E-state index contributed by atoms with van der Waals surface area (Å²) < 4.78 is 10.5. The zero-order valence-electron chi connectivity index (χ0n) is 11.0. The number of carboxylic acid groups (broad SMARTS) is 1. The van der Waals surface area contributed by atoms with Crippen molar-refractivity contribution in [3.8, 4) is 0 Å². The maximum atomic E-state index is 11.7. The first-order chi connectivity index (χ1) is 9.65. The van der Waals surface area contributed by atoms with Gasteiger partial charge in [-0.25, -0.2) is 4.79 Å². The predicted molar refractivity (Wildman–Crippen MR) is 70.2 cm³/mol. The van der Waals surface area contributed by atoms with E-state index in [0.717, 1.165) is 5.56 Å². The van der Waals surface area contributed by atoms with Crippen molar-refractivity contribution in [1.29, 1.82) is 0 Å². The highest BCUT2D eigenvalue weighted by atomic mass is 16.5. The number of carbonyl (C=O) groups excluding carboxylic acids is 1. The Hall–Kier alpha value is -2.08. The first-order valence-electron chi connectivity index (χ1n) is 6.44. The maximum absolute atomic E-state index is 11.7. The standard InChI is InChI=1S/C14H17NO5/c16-13(20-10-11-4-2-1-3-5-11)8-12-9-15(14(17)18)6-7-19-12/h1-5,12H,6-10H2,(H,17,18)/t12-/m1/s1. The van der Waals surface area contributed by atoms with Gasteiger partial charge in [-0.15, -0.1) is 0 Å². The molecule has 0 aromatic heterocycles. The van der Waals surface area contributed by atoms with Gasteiger partial charge in [-0.1, -0.05) is 30.3 Å². The normalized spacial score (nSPS) is 18.6. The second-order valence-corrected chi connectivity index (χ2v) is 4.57. The molecule has 1 aromatic carbocycles. The second kappa shape index (κ2) is 6.91. The molecule has 1 aliphatic heterocycles. The molecule has 0 bridgehead atoms. The fraction of sp³-hybridized carbons (Fsp3) is 0.429. The van der Waals surface area contributed by atoms with Crippen molar-refractivity contribution in [2.24, 2.45) is 0 Å². The van der Waals surface area contributed by atoms with Gasteiger partial charge in [-0.2, -0.15) is 0 Å². The molecule has 1 amide bonds. The Bertz CT molecular complexity index is 462. The van der Waals surface area contributed by atoms with Crippen molar-refractivity contribution in [2.75, 3.05) is 19.7 Å². The number of amides is 1. The summed E-state index contributed by atoms with van der Waals surface area (Å²) in [4.78, 5) is 23.8. The van der Waals surface area contributed by atoms with Crippen LogP contribution in [-0.2, 0) is 20.9 Å². The number of rotatable bonds is 4. The molecule has 20 heavy (non-hydrogen) atoms. The molecule has 1 aliphatic rings. The zero-order chi connectivity index (χ0) is 14.4. The molecule has 1 aromatic rings. The van der Waals surface area contributed by atoms with Gasteiger partial charge in [0, 0.05) is 6.54 Å². The van der Waals surface area contributed by atoms with Crippen molar-refractivity contribution in [2.45, 2.75) is 19.1 Å². The first kappa shape index (κ1) is 14.3. The number of morpholine rings is 1. The van der Waals surface area contributed by atoms with Crippen LogP contribution in [0.25, 0.3) is 0 Å². The number of esters is 1. The van der Waals surface area contributed by atoms with Crippen LogP contribution in [0.4, 0.5) is 4.79 Å². The van der Waals surface area contributed by atoms with Crippen molar-refractivity contribution < 1.29 is 24.2 Å². The van der Waals surface area contributed by atoms with Gasteiger partial charge in [0.25, 0.3) is 0 Å². The second-order valence-electron chi connectivity index (χ2n) is 4.57. The molecular formula is C14H17NO5. The van der Waals surface area contributed by atoms with Crippen molar-refractivity contribution in [3.63, 3.8) is 0 Å². The summed E-state index contributed by atoms with van der Waals surface area (Å²) in [5.74, 6) is -0.383. The molecule has 1 fully saturated rings. The minimum Gasteiger partial charge on any atom is -0.465 e. The highest BCUT2D eigenvalue weighted by Gasteiger charge is 2.26. The molecule has 0 aliphatic carbocycles. The minimum atomic E-state index is -0.990. The van der Waals surface area contributed by atoms with Gasteiger partial charge in [0.05, 0.1) is 25.7 Å². The molecular weight excluding hydrogens is 262 g/mol. The highest BCUT2D eigenvalue weighted by Crippen LogP contribution is 2.10. The zero-order valence-corrected chi connectivity index (χ0v) is 11.0. The number of hydrogen-bond donors (Lipinski definition) is 1. The topological polar surface area (TPSA) is 76.1 Å². The molecule has 0 radical (unpaired) electrons. The Labute approximate surface area is 116 Å². The number of nitrogens with zero attached hydrogens (tertiary/aromatic N) is 1. The van der Waals surface area contributed by atoms with Crippen LogP contribution in [0.2, 0.25) is 0 Å². The fourth-order valence-electron chi connectivity index (χ4n) is 2.00. The fourth-order valence-corrected chi connectivity index (χ4v) is 2.00. The van der Waals surface area contributed by atoms with Crippen molar-refractivity contribution >= 4 is 12.1 Å². The largest absolute Gasteiger partial charge is 0.465 e. The highest BCUT2D eigenvalue weighted by molar-refractivity contribution is 5.70. The molecule has 0 unspecified atom stereocenters. The van der Waals surface area contributed by atoms with Gasteiger partial charge in [0.15, 0.2) is 0 Å². The summed E-state index contributed by atoms with van der Waals surface area (Å²) in [6.45, 7) is 1.07. The van der Waals surface area contributed by atoms with Crippen LogP contribution < -0.4 is 0 Å². The summed E-state index contributed by atoms with van der Waals surface area (Å²) >= 11 is 0. The van der Waals surface area contributed by atoms with Crippen LogP contribution >= 0.6 is 0 Å². The quantitative estimate of drug-likeness (QED) is 0.845. The predicted octanol–water partition coefficient (Wildman–Crippen LogP) is 1.50. The first-order valence-corrected chi connectivity index (χ1v) is 6.44. The number of ether oxygens (including phenoxy) is 2. The monoisotopic (exact) mass is 279 g/mol. The number of benzene rings is 1. The van der Waals surface area contributed by atoms with E-state index in [4.69, 9.17) is 14.6 Å². The third-order valence-corrected chi connectivity index (χ3v) is 3.05. The Morgan fingerprint density at radius 3 is 2.80 bits per heavy atom. The van der Waals surface area contributed by atoms with E-state index >= 15 is 0 Å². The van der Waals surface area contributed by atoms with Crippen LogP contribution in [-0.4, -0.2) is 47.9 Å². The molecule has 1 atom stereocenters. The third kappa shape index (κ3) is 4.24. The molecule has 0 spiro atoms. The van der Waals surface area contributed by atoms with Crippen LogP contribution in [0.5, 0.6) is 0 Å². The summed E-state index contributed by atoms with van der Waals surface area (Å²) in [5.41, 5.74) is 0.914. The summed E-state index contributed by atoms with van der Waals surface area (Å²) in [6, 6.07) is 9.38. The lowest BCUT2D eigenvalue weighted by Crippen LogP contribution is -2.45. The van der Waals surface area contributed by atoms with Crippen molar-refractivity contribution in [1.82, 2.24) is 4.90 Å². The Morgan fingerprint density at radius 1 is 1.35 bits per heavy atom.